The van der Waals surface area contributed by atoms with Gasteiger partial charge in [-0.05, 0) is 73.4 Å². The summed E-state index contributed by atoms with van der Waals surface area (Å²) in [6.07, 6.45) is 10.4. The zero-order valence-electron chi connectivity index (χ0n) is 22.5. The van der Waals surface area contributed by atoms with Crippen LogP contribution in [0.15, 0.2) is 69.3 Å². The van der Waals surface area contributed by atoms with Gasteiger partial charge in [0.25, 0.3) is 0 Å². The molecule has 0 fully saturated rings. The maximum atomic E-state index is 2.49. The zero-order chi connectivity index (χ0) is 24.5. The summed E-state index contributed by atoms with van der Waals surface area (Å²) >= 11 is 0. The van der Waals surface area contributed by atoms with Crippen molar-refractivity contribution < 1.29 is 0 Å². The molecule has 0 saturated carbocycles. The minimum Gasteiger partial charge on any atom is -0.0651 e. The second kappa shape index (κ2) is 13.2. The molecule has 0 saturated heterocycles. The SMILES string of the molecule is CCCc1ccc([S+](c2ccc(CCC)cc2CC)c2ccc(CCC)cc2CC)c(CC)c1. The van der Waals surface area contributed by atoms with Crippen molar-refractivity contribution in [2.45, 2.75) is 114 Å². The smallest absolute Gasteiger partial charge is 0.0651 e. The summed E-state index contributed by atoms with van der Waals surface area (Å²) < 4.78 is 0. The van der Waals surface area contributed by atoms with E-state index in [1.807, 2.05) is 0 Å². The van der Waals surface area contributed by atoms with Crippen molar-refractivity contribution in [2.24, 2.45) is 0 Å². The summed E-state index contributed by atoms with van der Waals surface area (Å²) in [5, 5.41) is 0. The van der Waals surface area contributed by atoms with Crippen LogP contribution in [0.1, 0.15) is 94.2 Å². The van der Waals surface area contributed by atoms with Gasteiger partial charge in [0.1, 0.15) is 10.9 Å². The molecule has 0 aliphatic heterocycles. The second-order valence-corrected chi connectivity index (χ2v) is 11.4. The number of rotatable bonds is 12. The van der Waals surface area contributed by atoms with E-state index in [2.05, 4.69) is 96.1 Å². The lowest BCUT2D eigenvalue weighted by atomic mass is 10.0. The van der Waals surface area contributed by atoms with E-state index < -0.39 is 0 Å². The molecule has 0 radical (unpaired) electrons. The first-order valence-electron chi connectivity index (χ1n) is 13.7. The second-order valence-electron chi connectivity index (χ2n) is 9.44. The highest BCUT2D eigenvalue weighted by Gasteiger charge is 2.35. The molecule has 0 unspecified atom stereocenters. The first kappa shape index (κ1) is 26.6. The lowest BCUT2D eigenvalue weighted by Gasteiger charge is -2.18. The molecule has 3 aromatic rings. The van der Waals surface area contributed by atoms with Crippen LogP contribution < -0.4 is 0 Å². The summed E-state index contributed by atoms with van der Waals surface area (Å²) in [4.78, 5) is 4.58. The predicted molar refractivity (Wildman–Crippen MR) is 152 cm³/mol. The Morgan fingerprint density at radius 3 is 0.971 bits per heavy atom. The lowest BCUT2D eigenvalue weighted by molar-refractivity contribution is 0.906. The van der Waals surface area contributed by atoms with Gasteiger partial charge >= 0.3 is 0 Å². The van der Waals surface area contributed by atoms with Crippen LogP contribution >= 0.6 is 0 Å². The van der Waals surface area contributed by atoms with Gasteiger partial charge in [-0.1, -0.05) is 97.2 Å². The molecule has 0 atom stereocenters. The molecule has 1 heteroatoms. The first-order chi connectivity index (χ1) is 16.6. The molecule has 0 aliphatic rings. The fourth-order valence-electron chi connectivity index (χ4n) is 5.01. The van der Waals surface area contributed by atoms with Gasteiger partial charge in [-0.15, -0.1) is 0 Å². The van der Waals surface area contributed by atoms with Crippen LogP contribution in [-0.4, -0.2) is 0 Å². The Labute approximate surface area is 212 Å². The highest BCUT2D eigenvalue weighted by molar-refractivity contribution is 7.97. The van der Waals surface area contributed by atoms with Gasteiger partial charge in [-0.25, -0.2) is 0 Å². The molecule has 3 rings (SSSR count). The van der Waals surface area contributed by atoms with E-state index in [1.165, 1.54) is 86.6 Å². The number of hydrogen-bond acceptors (Lipinski definition) is 0. The highest BCUT2D eigenvalue weighted by atomic mass is 32.2. The molecule has 0 spiro atoms. The molecule has 0 bridgehead atoms. The summed E-state index contributed by atoms with van der Waals surface area (Å²) in [6.45, 7) is 13.8. The summed E-state index contributed by atoms with van der Waals surface area (Å²) in [7, 11) is -0.0855. The first-order valence-corrected chi connectivity index (χ1v) is 14.9. The monoisotopic (exact) mass is 473 g/mol. The third-order valence-electron chi connectivity index (χ3n) is 6.79. The van der Waals surface area contributed by atoms with Crippen molar-refractivity contribution in [2.75, 3.05) is 0 Å². The van der Waals surface area contributed by atoms with Crippen molar-refractivity contribution in [3.8, 4) is 0 Å². The molecule has 3 aromatic carbocycles. The van der Waals surface area contributed by atoms with Crippen LogP contribution in [0.4, 0.5) is 0 Å². The average Bonchev–Trinajstić information content (AvgIpc) is 2.86. The van der Waals surface area contributed by atoms with Crippen LogP contribution in [0.3, 0.4) is 0 Å². The molecule has 0 N–H and O–H groups in total. The Balaban J connectivity index is 2.26. The maximum absolute atomic E-state index is 2.49. The molecular weight excluding hydrogens is 428 g/mol. The van der Waals surface area contributed by atoms with E-state index in [0.717, 1.165) is 19.3 Å². The van der Waals surface area contributed by atoms with Gasteiger partial charge in [0.05, 0.1) is 0 Å². The van der Waals surface area contributed by atoms with E-state index in [1.54, 1.807) is 0 Å². The quantitative estimate of drug-likeness (QED) is 0.230. The molecule has 0 aliphatic carbocycles. The van der Waals surface area contributed by atoms with Crippen LogP contribution in [0, 0.1) is 0 Å². The zero-order valence-corrected chi connectivity index (χ0v) is 23.3. The Hall–Kier alpha value is -1.99. The number of hydrogen-bond donors (Lipinski definition) is 0. The van der Waals surface area contributed by atoms with Gasteiger partial charge in [-0.3, -0.25) is 0 Å². The molecule has 0 aromatic heterocycles. The fourth-order valence-corrected chi connectivity index (χ4v) is 7.73. The molecular formula is C33H45S+. The predicted octanol–water partition coefficient (Wildman–Crippen LogP) is 9.33. The van der Waals surface area contributed by atoms with Crippen molar-refractivity contribution in [1.82, 2.24) is 0 Å². The fraction of sp³-hybridized carbons (Fsp3) is 0.455. The Bertz CT molecular complexity index is 925. The van der Waals surface area contributed by atoms with E-state index in [0.29, 0.717) is 0 Å². The van der Waals surface area contributed by atoms with Crippen molar-refractivity contribution in [3.05, 3.63) is 88.0 Å². The van der Waals surface area contributed by atoms with E-state index in [4.69, 9.17) is 0 Å². The van der Waals surface area contributed by atoms with Crippen molar-refractivity contribution in [3.63, 3.8) is 0 Å². The standard InChI is InChI=1S/C33H45S/c1-7-13-25-16-19-31(28(10-4)22-25)34(32-20-17-26(14-8-2)23-29(32)11-5)33-21-18-27(15-9-3)24-30(33)12-6/h16-24H,7-15H2,1-6H3/q+1. The van der Waals surface area contributed by atoms with E-state index in [-0.39, 0.29) is 10.9 Å². The third-order valence-corrected chi connectivity index (χ3v) is 9.31. The molecule has 0 heterocycles. The number of aryl methyl sites for hydroxylation is 6. The molecule has 0 nitrogen and oxygen atoms in total. The summed E-state index contributed by atoms with van der Waals surface area (Å²) in [5.41, 5.74) is 9.01. The van der Waals surface area contributed by atoms with Gasteiger partial charge in [0.2, 0.25) is 0 Å². The van der Waals surface area contributed by atoms with Crippen molar-refractivity contribution in [1.29, 1.82) is 0 Å². The van der Waals surface area contributed by atoms with Crippen LogP contribution in [-0.2, 0) is 49.4 Å². The average molecular weight is 474 g/mol. The third kappa shape index (κ3) is 6.16. The Morgan fingerprint density at radius 1 is 0.441 bits per heavy atom. The molecule has 182 valence electrons. The molecule has 0 amide bonds. The normalized spacial score (nSPS) is 11.4. The largest absolute Gasteiger partial charge is 0.169 e. The van der Waals surface area contributed by atoms with Gasteiger partial charge in [0, 0.05) is 16.7 Å². The topological polar surface area (TPSA) is 0 Å². The Morgan fingerprint density at radius 2 is 0.735 bits per heavy atom. The van der Waals surface area contributed by atoms with Gasteiger partial charge in [-0.2, -0.15) is 0 Å². The van der Waals surface area contributed by atoms with Gasteiger partial charge in [0.15, 0.2) is 14.7 Å². The van der Waals surface area contributed by atoms with Crippen molar-refractivity contribution >= 4 is 10.9 Å². The maximum Gasteiger partial charge on any atom is 0.169 e. The summed E-state index contributed by atoms with van der Waals surface area (Å²) in [6, 6.07) is 22.1. The van der Waals surface area contributed by atoms with Crippen LogP contribution in [0.5, 0.6) is 0 Å². The van der Waals surface area contributed by atoms with Gasteiger partial charge < -0.3 is 0 Å². The Kier molecular flexibility index (Phi) is 10.3. The minimum atomic E-state index is -0.0855. The van der Waals surface area contributed by atoms with Crippen LogP contribution in [0.2, 0.25) is 0 Å². The lowest BCUT2D eigenvalue weighted by Crippen LogP contribution is -2.13. The highest BCUT2D eigenvalue weighted by Crippen LogP contribution is 2.38. The molecule has 34 heavy (non-hydrogen) atoms. The summed E-state index contributed by atoms with van der Waals surface area (Å²) in [5.74, 6) is 0. The minimum absolute atomic E-state index is 0.0855. The van der Waals surface area contributed by atoms with E-state index in [9.17, 15) is 0 Å². The van der Waals surface area contributed by atoms with E-state index >= 15 is 0 Å². The number of benzene rings is 3. The van der Waals surface area contributed by atoms with Crippen LogP contribution in [0.25, 0.3) is 0 Å².